The van der Waals surface area contributed by atoms with Gasteiger partial charge in [0.05, 0.1) is 23.4 Å². The number of nitrogens with zero attached hydrogens (tertiary/aromatic N) is 5. The van der Waals surface area contributed by atoms with Crippen LogP contribution < -0.4 is 10.6 Å². The molecule has 1 saturated heterocycles. The van der Waals surface area contributed by atoms with Crippen molar-refractivity contribution in [2.75, 3.05) is 18.0 Å². The minimum Gasteiger partial charge on any atom is -0.390 e. The fraction of sp³-hybridized carbons (Fsp3) is 0.556. The molecular weight excluding hydrogens is 384 g/mol. The lowest BCUT2D eigenvalue weighted by Gasteiger charge is -2.42. The molecule has 146 valence electrons. The second-order valence-corrected chi connectivity index (χ2v) is 8.65. The molecule has 0 amide bonds. The van der Waals surface area contributed by atoms with E-state index in [1.807, 2.05) is 6.92 Å². The van der Waals surface area contributed by atoms with Crippen molar-refractivity contribution in [2.45, 2.75) is 56.2 Å². The van der Waals surface area contributed by atoms with Gasteiger partial charge in [-0.2, -0.15) is 5.10 Å². The summed E-state index contributed by atoms with van der Waals surface area (Å²) in [5.41, 5.74) is 7.67. The Hall–Kier alpha value is -1.48. The van der Waals surface area contributed by atoms with Gasteiger partial charge in [-0.05, 0) is 38.2 Å². The highest BCUT2D eigenvalue weighted by molar-refractivity contribution is 7.99. The normalized spacial score (nSPS) is 17.8. The van der Waals surface area contributed by atoms with E-state index in [4.69, 9.17) is 22.3 Å². The molecule has 9 heteroatoms. The Bertz CT molecular complexity index is 810. The van der Waals surface area contributed by atoms with Crippen molar-refractivity contribution in [1.29, 1.82) is 0 Å². The van der Waals surface area contributed by atoms with Crippen LogP contribution in [0.5, 0.6) is 0 Å². The van der Waals surface area contributed by atoms with Crippen LogP contribution in [0.4, 0.5) is 5.82 Å². The summed E-state index contributed by atoms with van der Waals surface area (Å²) in [6.07, 6.45) is 3.57. The number of hydrogen-bond donors (Lipinski definition) is 2. The molecule has 0 spiro atoms. The van der Waals surface area contributed by atoms with Crippen LogP contribution in [0, 0.1) is 12.3 Å². The van der Waals surface area contributed by atoms with Gasteiger partial charge >= 0.3 is 0 Å². The second kappa shape index (κ2) is 8.26. The number of aliphatic hydroxyl groups is 1. The van der Waals surface area contributed by atoms with Gasteiger partial charge in [-0.1, -0.05) is 30.3 Å². The maximum absolute atomic E-state index is 9.87. The third-order valence-electron chi connectivity index (χ3n) is 5.38. The molecule has 1 fully saturated rings. The van der Waals surface area contributed by atoms with Crippen molar-refractivity contribution in [1.82, 2.24) is 20.2 Å². The molecule has 0 aliphatic carbocycles. The summed E-state index contributed by atoms with van der Waals surface area (Å²) in [5.74, 6) is 0.755. The minimum atomic E-state index is -0.167. The number of hydrogen-bond acceptors (Lipinski definition) is 8. The fourth-order valence-electron chi connectivity index (χ4n) is 3.15. The average Bonchev–Trinajstić information content (AvgIpc) is 2.65. The van der Waals surface area contributed by atoms with Gasteiger partial charge in [0, 0.05) is 19.1 Å². The van der Waals surface area contributed by atoms with E-state index < -0.39 is 0 Å². The van der Waals surface area contributed by atoms with E-state index in [2.05, 4.69) is 33.9 Å². The first-order valence-corrected chi connectivity index (χ1v) is 10.2. The zero-order chi connectivity index (χ0) is 19.6. The number of anilines is 1. The molecule has 0 radical (unpaired) electrons. The Balaban J connectivity index is 1.84. The number of halogens is 1. The van der Waals surface area contributed by atoms with Gasteiger partial charge in [-0.3, -0.25) is 0 Å². The van der Waals surface area contributed by atoms with E-state index >= 15 is 0 Å². The van der Waals surface area contributed by atoms with Gasteiger partial charge in [-0.15, -0.1) is 5.10 Å². The van der Waals surface area contributed by atoms with E-state index in [-0.39, 0.29) is 18.1 Å². The average molecular weight is 409 g/mol. The second-order valence-electron chi connectivity index (χ2n) is 7.26. The van der Waals surface area contributed by atoms with Crippen LogP contribution in [0.25, 0.3) is 0 Å². The molecule has 0 unspecified atom stereocenters. The van der Waals surface area contributed by atoms with Gasteiger partial charge in [0.25, 0.3) is 0 Å². The number of nitrogens with two attached hydrogens (primary N) is 1. The van der Waals surface area contributed by atoms with Gasteiger partial charge in [-0.25, -0.2) is 9.97 Å². The molecule has 0 aromatic carbocycles. The SMILES string of the molecule is Cc1nc(N2CCC(C)([C@H](C)N)CC2)c(CO)nc1Sc1ccnnc1Cl. The molecule has 2 aromatic rings. The molecule has 1 aliphatic heterocycles. The van der Waals surface area contributed by atoms with E-state index in [0.717, 1.165) is 42.3 Å². The molecule has 27 heavy (non-hydrogen) atoms. The van der Waals surface area contributed by atoms with Crippen molar-refractivity contribution >= 4 is 29.2 Å². The van der Waals surface area contributed by atoms with Gasteiger partial charge < -0.3 is 15.7 Å². The molecule has 1 aliphatic rings. The maximum Gasteiger partial charge on any atom is 0.165 e. The van der Waals surface area contributed by atoms with Gasteiger partial charge in [0.15, 0.2) is 11.0 Å². The quantitative estimate of drug-likeness (QED) is 0.778. The van der Waals surface area contributed by atoms with E-state index in [9.17, 15) is 5.11 Å². The van der Waals surface area contributed by atoms with Crippen LogP contribution >= 0.6 is 23.4 Å². The Kier molecular flexibility index (Phi) is 6.20. The zero-order valence-electron chi connectivity index (χ0n) is 15.8. The fourth-order valence-corrected chi connectivity index (χ4v) is 4.18. The first kappa shape index (κ1) is 20.3. The number of aryl methyl sites for hydroxylation is 1. The Morgan fingerprint density at radius 2 is 2.07 bits per heavy atom. The zero-order valence-corrected chi connectivity index (χ0v) is 17.4. The monoisotopic (exact) mass is 408 g/mol. The van der Waals surface area contributed by atoms with E-state index in [1.54, 1.807) is 12.3 Å². The summed E-state index contributed by atoms with van der Waals surface area (Å²) in [5, 5.41) is 18.5. The smallest absolute Gasteiger partial charge is 0.165 e. The predicted octanol–water partition coefficient (Wildman–Crippen LogP) is 2.83. The first-order chi connectivity index (χ1) is 12.8. The highest BCUT2D eigenvalue weighted by Gasteiger charge is 2.34. The topological polar surface area (TPSA) is 101 Å². The first-order valence-electron chi connectivity index (χ1n) is 8.98. The van der Waals surface area contributed by atoms with Crippen molar-refractivity contribution in [3.05, 3.63) is 28.8 Å². The number of aliphatic hydroxyl groups excluding tert-OH is 1. The summed E-state index contributed by atoms with van der Waals surface area (Å²) in [4.78, 5) is 12.4. The van der Waals surface area contributed by atoms with Crippen LogP contribution in [-0.4, -0.2) is 44.4 Å². The molecule has 7 nitrogen and oxygen atoms in total. The largest absolute Gasteiger partial charge is 0.390 e. The molecule has 0 saturated carbocycles. The Morgan fingerprint density at radius 3 is 2.67 bits per heavy atom. The third-order valence-corrected chi connectivity index (χ3v) is 6.90. The van der Waals surface area contributed by atoms with Crippen molar-refractivity contribution in [3.8, 4) is 0 Å². The number of aromatic nitrogens is 4. The molecule has 3 N–H and O–H groups in total. The van der Waals surface area contributed by atoms with Gasteiger partial charge in [0.2, 0.25) is 0 Å². The summed E-state index contributed by atoms with van der Waals surface area (Å²) in [7, 11) is 0. The lowest BCUT2D eigenvalue weighted by molar-refractivity contribution is 0.204. The lowest BCUT2D eigenvalue weighted by Crippen LogP contribution is -2.47. The third kappa shape index (κ3) is 4.34. The lowest BCUT2D eigenvalue weighted by atomic mass is 9.75. The van der Waals surface area contributed by atoms with Crippen molar-refractivity contribution in [3.63, 3.8) is 0 Å². The molecule has 1 atom stereocenters. The summed E-state index contributed by atoms with van der Waals surface area (Å²) < 4.78 is 0. The van der Waals surface area contributed by atoms with E-state index in [0.29, 0.717) is 15.9 Å². The Labute approximate surface area is 168 Å². The van der Waals surface area contributed by atoms with Gasteiger partial charge in [0.1, 0.15) is 10.7 Å². The van der Waals surface area contributed by atoms with Crippen LogP contribution in [0.2, 0.25) is 5.15 Å². The summed E-state index contributed by atoms with van der Waals surface area (Å²) >= 11 is 7.47. The summed E-state index contributed by atoms with van der Waals surface area (Å²) in [6.45, 7) is 7.77. The number of piperidine rings is 1. The van der Waals surface area contributed by atoms with Crippen LogP contribution in [0.15, 0.2) is 22.2 Å². The highest BCUT2D eigenvalue weighted by Crippen LogP contribution is 2.37. The molecular formula is C18H25ClN6OS. The standard InChI is InChI=1S/C18H25ClN6OS/c1-11-17(27-14-4-7-21-24-15(14)19)23-13(10-26)16(22-11)25-8-5-18(3,6-9-25)12(2)20/h4,7,12,26H,5-6,8-10,20H2,1-3H3/t12-/m0/s1. The van der Waals surface area contributed by atoms with E-state index in [1.165, 1.54) is 11.8 Å². The maximum atomic E-state index is 9.87. The minimum absolute atomic E-state index is 0.138. The number of rotatable bonds is 5. The van der Waals surface area contributed by atoms with Crippen LogP contribution in [0.3, 0.4) is 0 Å². The van der Waals surface area contributed by atoms with Crippen molar-refractivity contribution in [2.24, 2.45) is 11.1 Å². The Morgan fingerprint density at radius 1 is 1.37 bits per heavy atom. The molecule has 2 aromatic heterocycles. The van der Waals surface area contributed by atoms with Crippen molar-refractivity contribution < 1.29 is 5.11 Å². The predicted molar refractivity (Wildman–Crippen MR) is 107 cm³/mol. The highest BCUT2D eigenvalue weighted by atomic mass is 35.5. The molecule has 3 rings (SSSR count). The van der Waals surface area contributed by atoms with Crippen LogP contribution in [-0.2, 0) is 6.61 Å². The molecule has 3 heterocycles. The van der Waals surface area contributed by atoms with Crippen LogP contribution in [0.1, 0.15) is 38.1 Å². The molecule has 0 bridgehead atoms. The summed E-state index contributed by atoms with van der Waals surface area (Å²) in [6, 6.07) is 1.94.